The van der Waals surface area contributed by atoms with Crippen LogP contribution in [0.5, 0.6) is 5.75 Å². The van der Waals surface area contributed by atoms with Crippen LogP contribution in [0.15, 0.2) is 54.6 Å². The average molecular weight is 603 g/mol. The Hall–Kier alpha value is -2.15. The number of carbonyl (C=O) groups excluding carboxylic acids is 1. The minimum atomic E-state index is -0.429. The number of methoxy groups -OCH3 is 1. The van der Waals surface area contributed by atoms with Gasteiger partial charge in [0.1, 0.15) is 5.75 Å². The van der Waals surface area contributed by atoms with Crippen LogP contribution in [0.1, 0.15) is 75.7 Å². The Morgan fingerprint density at radius 2 is 1.98 bits per heavy atom. The van der Waals surface area contributed by atoms with Crippen molar-refractivity contribution in [2.24, 2.45) is 23.5 Å². The second-order valence-electron chi connectivity index (χ2n) is 10.7. The van der Waals surface area contributed by atoms with E-state index in [0.717, 1.165) is 73.8 Å². The Morgan fingerprint density at radius 3 is 2.59 bits per heavy atom. The van der Waals surface area contributed by atoms with Crippen LogP contribution in [0.2, 0.25) is 5.02 Å². The largest absolute Gasteiger partial charge is 0.491 e. The summed E-state index contributed by atoms with van der Waals surface area (Å²) in [7, 11) is 1.80. The zero-order valence-corrected chi connectivity index (χ0v) is 27.3. The normalized spacial score (nSPS) is 17.7. The molecule has 2 aromatic rings. The molecule has 0 radical (unpaired) electrons. The summed E-state index contributed by atoms with van der Waals surface area (Å²) in [5, 5.41) is 0.771. The van der Waals surface area contributed by atoms with Crippen molar-refractivity contribution in [1.82, 2.24) is 0 Å². The molecule has 0 spiro atoms. The van der Waals surface area contributed by atoms with Crippen molar-refractivity contribution in [3.63, 3.8) is 0 Å². The van der Waals surface area contributed by atoms with Gasteiger partial charge in [-0.3, -0.25) is 4.79 Å². The fraction of sp³-hybridized carbons (Fsp3) is 0.559. The van der Waals surface area contributed by atoms with Gasteiger partial charge in [0.25, 0.3) is 0 Å². The Kier molecular flexibility index (Phi) is 16.3. The number of thiol groups is 1. The smallest absolute Gasteiger partial charge is 0.248 e. The second kappa shape index (κ2) is 19.1. The van der Waals surface area contributed by atoms with E-state index in [2.05, 4.69) is 49.6 Å². The van der Waals surface area contributed by atoms with E-state index in [4.69, 9.17) is 26.8 Å². The second-order valence-corrected chi connectivity index (χ2v) is 11.5. The zero-order valence-electron chi connectivity index (χ0n) is 25.7. The number of carbonyl (C=O) groups is 1. The fourth-order valence-electron chi connectivity index (χ4n) is 5.20. The van der Waals surface area contributed by atoms with E-state index in [0.29, 0.717) is 29.9 Å². The molecule has 228 valence electrons. The van der Waals surface area contributed by atoms with E-state index in [-0.39, 0.29) is 6.10 Å². The lowest BCUT2D eigenvalue weighted by Crippen LogP contribution is -2.43. The Morgan fingerprint density at radius 1 is 1.20 bits per heavy atom. The van der Waals surface area contributed by atoms with Gasteiger partial charge in [-0.15, -0.1) is 0 Å². The molecule has 0 heterocycles. The van der Waals surface area contributed by atoms with E-state index in [1.165, 1.54) is 5.56 Å². The lowest BCUT2D eigenvalue weighted by molar-refractivity contribution is 0.0135. The maximum Gasteiger partial charge on any atom is 0.248 e. The van der Waals surface area contributed by atoms with E-state index in [9.17, 15) is 4.79 Å². The monoisotopic (exact) mass is 602 g/mol. The summed E-state index contributed by atoms with van der Waals surface area (Å²) in [6.07, 6.45) is 10.8. The molecule has 1 fully saturated rings. The number of hydrogen-bond donors (Lipinski definition) is 2. The molecule has 2 aromatic carbocycles. The van der Waals surface area contributed by atoms with Crippen molar-refractivity contribution >= 4 is 35.8 Å². The van der Waals surface area contributed by atoms with E-state index < -0.39 is 5.91 Å². The third-order valence-electron chi connectivity index (χ3n) is 7.77. The number of allylic oxidation sites excluding steroid dienone is 1. The molecule has 0 aliphatic heterocycles. The maximum absolute atomic E-state index is 12.0. The number of halogens is 1. The lowest BCUT2D eigenvalue weighted by Gasteiger charge is -2.43. The molecule has 1 amide bonds. The first-order valence-electron chi connectivity index (χ1n) is 15.2. The van der Waals surface area contributed by atoms with Crippen LogP contribution in [0.25, 0.3) is 0 Å². The van der Waals surface area contributed by atoms with Gasteiger partial charge in [0.05, 0.1) is 18.4 Å². The number of nitrogens with zero attached hydrogens (tertiary/aromatic N) is 1. The van der Waals surface area contributed by atoms with E-state index in [1.54, 1.807) is 13.2 Å². The van der Waals surface area contributed by atoms with Gasteiger partial charge in [-0.2, -0.15) is 12.6 Å². The number of nitrogens with two attached hydrogens (primary N) is 1. The van der Waals surface area contributed by atoms with E-state index in [1.807, 2.05) is 44.2 Å². The molecule has 3 rings (SSSR count). The SMILES string of the molecule is CC.CCN(C[C@@H]1CC[C@H]1[C@H](/C=C/C[C@H](C)CS)OC)c1cc(C(N)=O)ccc1OCCCCc1cccc(Cl)c1. The quantitative estimate of drug-likeness (QED) is 0.109. The van der Waals surface area contributed by atoms with E-state index >= 15 is 0 Å². The highest BCUT2D eigenvalue weighted by Crippen LogP contribution is 2.41. The molecule has 0 aromatic heterocycles. The van der Waals surface area contributed by atoms with Crippen molar-refractivity contribution in [3.05, 3.63) is 70.8 Å². The molecule has 4 atom stereocenters. The molecule has 1 aliphatic carbocycles. The van der Waals surface area contributed by atoms with Crippen molar-refractivity contribution in [3.8, 4) is 5.75 Å². The van der Waals surface area contributed by atoms with Crippen LogP contribution in [0.3, 0.4) is 0 Å². The van der Waals surface area contributed by atoms with Crippen LogP contribution in [-0.2, 0) is 11.2 Å². The average Bonchev–Trinajstić information content (AvgIpc) is 2.97. The molecule has 0 bridgehead atoms. The van der Waals surface area contributed by atoms with Gasteiger partial charge in [0.2, 0.25) is 5.91 Å². The number of rotatable bonds is 17. The first kappa shape index (κ1) is 35.0. The van der Waals surface area contributed by atoms with Gasteiger partial charge in [0.15, 0.2) is 0 Å². The molecular weight excluding hydrogens is 552 g/mol. The number of benzene rings is 2. The van der Waals surface area contributed by atoms with Crippen LogP contribution in [-0.4, -0.2) is 44.6 Å². The molecule has 1 aliphatic rings. The van der Waals surface area contributed by atoms with Gasteiger partial charge in [-0.05, 0) is 105 Å². The Labute approximate surface area is 259 Å². The highest BCUT2D eigenvalue weighted by atomic mass is 35.5. The third kappa shape index (κ3) is 11.2. The van der Waals surface area contributed by atoms with Crippen LogP contribution in [0, 0.1) is 17.8 Å². The number of hydrogen-bond acceptors (Lipinski definition) is 5. The summed E-state index contributed by atoms with van der Waals surface area (Å²) in [6.45, 7) is 10.7. The van der Waals surface area contributed by atoms with Gasteiger partial charge >= 0.3 is 0 Å². The molecule has 2 N–H and O–H groups in total. The first-order valence-corrected chi connectivity index (χ1v) is 16.2. The number of unbranched alkanes of at least 4 members (excludes halogenated alkanes) is 1. The van der Waals surface area contributed by atoms with Gasteiger partial charge in [-0.1, -0.05) is 56.7 Å². The summed E-state index contributed by atoms with van der Waals surface area (Å²) in [4.78, 5) is 14.3. The van der Waals surface area contributed by atoms with Gasteiger partial charge in [-0.25, -0.2) is 0 Å². The maximum atomic E-state index is 12.0. The molecule has 0 unspecified atom stereocenters. The van der Waals surface area contributed by atoms with Crippen molar-refractivity contribution < 1.29 is 14.3 Å². The predicted molar refractivity (Wildman–Crippen MR) is 178 cm³/mol. The number of anilines is 1. The van der Waals surface area contributed by atoms with Crippen LogP contribution >= 0.6 is 24.2 Å². The zero-order chi connectivity index (χ0) is 30.2. The summed E-state index contributed by atoms with van der Waals surface area (Å²) in [6, 6.07) is 13.5. The van der Waals surface area contributed by atoms with Crippen molar-refractivity contribution in [2.45, 2.75) is 72.3 Å². The molecule has 0 saturated heterocycles. The summed E-state index contributed by atoms with van der Waals surface area (Å²) in [5.74, 6) is 2.79. The van der Waals surface area contributed by atoms with Crippen molar-refractivity contribution in [1.29, 1.82) is 0 Å². The molecular formula is C34H51ClN2O3S. The molecule has 1 saturated carbocycles. The minimum absolute atomic E-state index is 0.113. The fourth-order valence-corrected chi connectivity index (χ4v) is 5.56. The van der Waals surface area contributed by atoms with Crippen LogP contribution < -0.4 is 15.4 Å². The predicted octanol–water partition coefficient (Wildman–Crippen LogP) is 8.25. The van der Waals surface area contributed by atoms with Crippen molar-refractivity contribution in [2.75, 3.05) is 37.5 Å². The first-order chi connectivity index (χ1) is 19.9. The summed E-state index contributed by atoms with van der Waals surface area (Å²) >= 11 is 10.5. The Bertz CT molecular complexity index is 1080. The molecule has 41 heavy (non-hydrogen) atoms. The van der Waals surface area contributed by atoms with Crippen LogP contribution in [0.4, 0.5) is 5.69 Å². The Balaban J connectivity index is 0.00000287. The summed E-state index contributed by atoms with van der Waals surface area (Å²) in [5.41, 5.74) is 8.31. The highest BCUT2D eigenvalue weighted by molar-refractivity contribution is 7.80. The topological polar surface area (TPSA) is 64.8 Å². The number of ether oxygens (including phenoxy) is 2. The molecule has 7 heteroatoms. The summed E-state index contributed by atoms with van der Waals surface area (Å²) < 4.78 is 12.2. The minimum Gasteiger partial charge on any atom is -0.491 e. The molecule has 5 nitrogen and oxygen atoms in total. The number of amides is 1. The lowest BCUT2D eigenvalue weighted by atomic mass is 9.70. The number of primary amides is 1. The highest BCUT2D eigenvalue weighted by Gasteiger charge is 2.37. The van der Waals surface area contributed by atoms with Gasteiger partial charge < -0.3 is 20.1 Å². The van der Waals surface area contributed by atoms with Gasteiger partial charge in [0, 0.05) is 30.8 Å². The number of aryl methyl sites for hydroxylation is 1. The third-order valence-corrected chi connectivity index (χ3v) is 8.63. The standard InChI is InChI=1S/C32H45ClN2O3S.C2H6/c1-4-35(21-26-14-16-28(26)30(37-3)13-7-9-23(2)22-39)29-20-25(32(34)36)15-17-31(29)38-18-6-5-10-24-11-8-12-27(33)19-24;1-2/h7-8,11-13,15,17,19-20,23,26,28,30,39H,4-6,9-10,14,16,18,21-22H2,1-3H3,(H2,34,36);1-2H3/b13-7+;/t23-,26-,28+,30-;/m0./s1.